The van der Waals surface area contributed by atoms with Gasteiger partial charge in [-0.05, 0) is 42.8 Å². The van der Waals surface area contributed by atoms with Crippen molar-refractivity contribution in [1.82, 2.24) is 0 Å². The largest absolute Gasteiger partial charge is 0.326 e. The summed E-state index contributed by atoms with van der Waals surface area (Å²) in [5.74, 6) is -0.982. The number of halogens is 2. The van der Waals surface area contributed by atoms with Gasteiger partial charge in [0, 0.05) is 23.4 Å². The van der Waals surface area contributed by atoms with Crippen molar-refractivity contribution in [2.24, 2.45) is 0 Å². The number of carbonyl (C=O) groups is 2. The molecule has 2 aromatic carbocycles. The van der Waals surface area contributed by atoms with Crippen LogP contribution in [0.25, 0.3) is 0 Å². The van der Waals surface area contributed by atoms with Gasteiger partial charge < -0.3 is 10.6 Å². The van der Waals surface area contributed by atoms with Crippen LogP contribution in [0, 0.1) is 5.82 Å². The summed E-state index contributed by atoms with van der Waals surface area (Å²) in [6, 6.07) is 10.6. The Morgan fingerprint density at radius 1 is 1.00 bits per heavy atom. The number of unbranched alkanes of at least 4 members (excludes halogenated alkanes) is 3. The van der Waals surface area contributed by atoms with Gasteiger partial charge in [0.05, 0.1) is 5.02 Å². The molecule has 0 fully saturated rings. The van der Waals surface area contributed by atoms with Crippen LogP contribution < -0.4 is 10.6 Å². The molecule has 4 nitrogen and oxygen atoms in total. The third kappa shape index (κ3) is 6.15. The molecule has 2 amide bonds. The molecule has 0 atom stereocenters. The number of nitrogens with one attached hydrogen (secondary N) is 2. The van der Waals surface area contributed by atoms with E-state index in [0.717, 1.165) is 25.7 Å². The molecule has 2 aromatic rings. The summed E-state index contributed by atoms with van der Waals surface area (Å²) in [4.78, 5) is 24.3. The molecule has 138 valence electrons. The van der Waals surface area contributed by atoms with Crippen LogP contribution in [0.3, 0.4) is 0 Å². The molecule has 0 saturated carbocycles. The van der Waals surface area contributed by atoms with E-state index in [1.165, 1.54) is 18.2 Å². The first-order valence-electron chi connectivity index (χ1n) is 8.66. The zero-order valence-corrected chi connectivity index (χ0v) is 15.4. The maximum atomic E-state index is 13.2. The van der Waals surface area contributed by atoms with Crippen LogP contribution >= 0.6 is 11.6 Å². The van der Waals surface area contributed by atoms with Crippen molar-refractivity contribution in [3.05, 3.63) is 58.9 Å². The van der Waals surface area contributed by atoms with Gasteiger partial charge in [0.1, 0.15) is 5.82 Å². The van der Waals surface area contributed by atoms with Crippen LogP contribution in [-0.2, 0) is 4.79 Å². The van der Waals surface area contributed by atoms with Crippen LogP contribution in [0.1, 0.15) is 49.4 Å². The quantitative estimate of drug-likeness (QED) is 0.585. The molecule has 0 aliphatic rings. The maximum Gasteiger partial charge on any atom is 0.255 e. The minimum absolute atomic E-state index is 0.0631. The number of benzene rings is 2. The first-order chi connectivity index (χ1) is 12.5. The minimum Gasteiger partial charge on any atom is -0.326 e. The van der Waals surface area contributed by atoms with Crippen LogP contribution in [0.2, 0.25) is 5.02 Å². The second-order valence-corrected chi connectivity index (χ2v) is 6.43. The Bertz CT molecular complexity index is 780. The molecule has 0 bridgehead atoms. The molecule has 0 saturated heterocycles. The van der Waals surface area contributed by atoms with Crippen molar-refractivity contribution < 1.29 is 14.0 Å². The van der Waals surface area contributed by atoms with Gasteiger partial charge in [-0.25, -0.2) is 4.39 Å². The van der Waals surface area contributed by atoms with Crippen LogP contribution in [0.15, 0.2) is 42.5 Å². The highest BCUT2D eigenvalue weighted by molar-refractivity contribution is 6.31. The number of anilines is 2. The van der Waals surface area contributed by atoms with Gasteiger partial charge in [-0.1, -0.05) is 43.9 Å². The highest BCUT2D eigenvalue weighted by Crippen LogP contribution is 2.20. The van der Waals surface area contributed by atoms with Gasteiger partial charge in [0.2, 0.25) is 5.91 Å². The number of carbonyl (C=O) groups excluding carboxylic acids is 2. The van der Waals surface area contributed by atoms with E-state index in [9.17, 15) is 14.0 Å². The average molecular weight is 377 g/mol. The topological polar surface area (TPSA) is 58.2 Å². The van der Waals surface area contributed by atoms with Crippen LogP contribution in [0.4, 0.5) is 15.8 Å². The predicted octanol–water partition coefficient (Wildman–Crippen LogP) is 5.64. The third-order valence-electron chi connectivity index (χ3n) is 3.84. The number of amides is 2. The van der Waals surface area contributed by atoms with E-state index < -0.39 is 5.82 Å². The minimum atomic E-state index is -0.548. The summed E-state index contributed by atoms with van der Waals surface area (Å²) in [6.45, 7) is 2.12. The summed E-state index contributed by atoms with van der Waals surface area (Å²) in [5.41, 5.74) is 1.34. The molecule has 0 radical (unpaired) electrons. The molecule has 0 aliphatic carbocycles. The van der Waals surface area contributed by atoms with Crippen LogP contribution in [-0.4, -0.2) is 11.8 Å². The van der Waals surface area contributed by atoms with Gasteiger partial charge in [-0.3, -0.25) is 9.59 Å². The number of hydrogen-bond acceptors (Lipinski definition) is 2. The summed E-state index contributed by atoms with van der Waals surface area (Å²) >= 11 is 5.71. The first kappa shape index (κ1) is 19.9. The lowest BCUT2D eigenvalue weighted by Crippen LogP contribution is -2.14. The van der Waals surface area contributed by atoms with E-state index in [1.54, 1.807) is 24.3 Å². The highest BCUT2D eigenvalue weighted by Gasteiger charge is 2.10. The van der Waals surface area contributed by atoms with Crippen molar-refractivity contribution in [3.63, 3.8) is 0 Å². The molecule has 0 aromatic heterocycles. The van der Waals surface area contributed by atoms with E-state index in [0.29, 0.717) is 23.4 Å². The Hall–Kier alpha value is -2.40. The lowest BCUT2D eigenvalue weighted by molar-refractivity contribution is -0.116. The standard InChI is InChI=1S/C20H22ClFN2O2/c1-2-3-4-5-9-19(25)23-15-8-6-7-14(12-15)20(26)24-16-10-11-18(22)17(21)13-16/h6-8,10-13H,2-5,9H2,1H3,(H,23,25)(H,24,26). The van der Waals surface area contributed by atoms with Gasteiger partial charge >= 0.3 is 0 Å². The predicted molar refractivity (Wildman–Crippen MR) is 103 cm³/mol. The van der Waals surface area contributed by atoms with Crippen molar-refractivity contribution in [1.29, 1.82) is 0 Å². The molecule has 0 heterocycles. The molecule has 0 unspecified atom stereocenters. The van der Waals surface area contributed by atoms with Gasteiger partial charge in [-0.2, -0.15) is 0 Å². The summed E-state index contributed by atoms with van der Waals surface area (Å²) < 4.78 is 13.2. The zero-order valence-electron chi connectivity index (χ0n) is 14.6. The van der Waals surface area contributed by atoms with E-state index in [-0.39, 0.29) is 16.8 Å². The Morgan fingerprint density at radius 3 is 2.50 bits per heavy atom. The summed E-state index contributed by atoms with van der Waals surface area (Å²) in [5, 5.41) is 5.39. The van der Waals surface area contributed by atoms with E-state index >= 15 is 0 Å². The molecule has 6 heteroatoms. The van der Waals surface area contributed by atoms with Crippen molar-refractivity contribution in [2.45, 2.75) is 39.0 Å². The average Bonchev–Trinajstić information content (AvgIpc) is 2.62. The maximum absolute atomic E-state index is 13.2. The lowest BCUT2D eigenvalue weighted by Gasteiger charge is -2.09. The zero-order chi connectivity index (χ0) is 18.9. The Labute approximate surface area is 157 Å². The second-order valence-electron chi connectivity index (χ2n) is 6.02. The van der Waals surface area contributed by atoms with Crippen molar-refractivity contribution in [2.75, 3.05) is 10.6 Å². The van der Waals surface area contributed by atoms with E-state index in [4.69, 9.17) is 11.6 Å². The molecule has 0 spiro atoms. The van der Waals surface area contributed by atoms with E-state index in [1.807, 2.05) is 0 Å². The summed E-state index contributed by atoms with van der Waals surface area (Å²) in [7, 11) is 0. The Kier molecular flexibility index (Phi) is 7.60. The monoisotopic (exact) mass is 376 g/mol. The number of hydrogen-bond donors (Lipinski definition) is 2. The highest BCUT2D eigenvalue weighted by atomic mass is 35.5. The van der Waals surface area contributed by atoms with Crippen molar-refractivity contribution in [3.8, 4) is 0 Å². The lowest BCUT2D eigenvalue weighted by atomic mass is 10.1. The van der Waals surface area contributed by atoms with Crippen molar-refractivity contribution >= 4 is 34.8 Å². The molecule has 0 aliphatic heterocycles. The molecule has 2 N–H and O–H groups in total. The fourth-order valence-corrected chi connectivity index (χ4v) is 2.63. The Morgan fingerprint density at radius 2 is 1.77 bits per heavy atom. The SMILES string of the molecule is CCCCCCC(=O)Nc1cccc(C(=O)Nc2ccc(F)c(Cl)c2)c1. The van der Waals surface area contributed by atoms with Gasteiger partial charge in [0.15, 0.2) is 0 Å². The van der Waals surface area contributed by atoms with Gasteiger partial charge in [0.25, 0.3) is 5.91 Å². The van der Waals surface area contributed by atoms with Crippen LogP contribution in [0.5, 0.6) is 0 Å². The molecular formula is C20H22ClFN2O2. The number of rotatable bonds is 8. The van der Waals surface area contributed by atoms with Gasteiger partial charge in [-0.15, -0.1) is 0 Å². The first-order valence-corrected chi connectivity index (χ1v) is 9.03. The normalized spacial score (nSPS) is 10.4. The molecule has 26 heavy (non-hydrogen) atoms. The molecule has 2 rings (SSSR count). The fourth-order valence-electron chi connectivity index (χ4n) is 2.45. The van der Waals surface area contributed by atoms with E-state index in [2.05, 4.69) is 17.6 Å². The smallest absolute Gasteiger partial charge is 0.255 e. The Balaban J connectivity index is 1.95. The second kappa shape index (κ2) is 9.92. The molecular weight excluding hydrogens is 355 g/mol. The summed E-state index contributed by atoms with van der Waals surface area (Å²) in [6.07, 6.45) is 4.59. The third-order valence-corrected chi connectivity index (χ3v) is 4.13. The fraction of sp³-hybridized carbons (Fsp3) is 0.300.